The van der Waals surface area contributed by atoms with Crippen molar-refractivity contribution >= 4 is 23.6 Å². The van der Waals surface area contributed by atoms with Crippen molar-refractivity contribution in [3.63, 3.8) is 0 Å². The number of carbonyl (C=O) groups excluding carboxylic acids is 1. The molecule has 0 spiro atoms. The number of nitrogens with one attached hydrogen (secondary N) is 1. The van der Waals surface area contributed by atoms with Gasteiger partial charge in [-0.05, 0) is 31.9 Å². The molecule has 34 heavy (non-hydrogen) atoms. The molecule has 1 aliphatic rings. The number of carboxylic acid groups (broad SMARTS) is 1. The summed E-state index contributed by atoms with van der Waals surface area (Å²) in [6.45, 7) is 5.25. The SMILES string of the molecule is CC(C)NC(=O)c1cc2c(nc1N(C)C)CCN(c1ncc(F)cn1)CC2.O=C(O)C(F)(F)F. The minimum Gasteiger partial charge on any atom is -0.475 e. The normalized spacial score (nSPS) is 13.4. The van der Waals surface area contributed by atoms with E-state index in [-0.39, 0.29) is 11.9 Å². The largest absolute Gasteiger partial charge is 0.490 e. The maximum absolute atomic E-state index is 13.1. The maximum atomic E-state index is 13.1. The first kappa shape index (κ1) is 26.7. The van der Waals surface area contributed by atoms with E-state index in [1.807, 2.05) is 43.8 Å². The van der Waals surface area contributed by atoms with Crippen molar-refractivity contribution in [3.8, 4) is 0 Å². The van der Waals surface area contributed by atoms with Crippen molar-refractivity contribution in [3.05, 3.63) is 41.1 Å². The fraction of sp³-hybridized carbons (Fsp3) is 0.476. The summed E-state index contributed by atoms with van der Waals surface area (Å²) in [5.41, 5.74) is 2.61. The molecular formula is C21H26F4N6O3. The van der Waals surface area contributed by atoms with E-state index in [4.69, 9.17) is 14.9 Å². The van der Waals surface area contributed by atoms with Crippen LogP contribution in [0.1, 0.15) is 35.5 Å². The number of rotatable bonds is 4. The Morgan fingerprint density at radius 3 is 2.21 bits per heavy atom. The molecule has 3 heterocycles. The third-order valence-corrected chi connectivity index (χ3v) is 4.66. The van der Waals surface area contributed by atoms with Crippen LogP contribution in [0.3, 0.4) is 0 Å². The van der Waals surface area contributed by atoms with Gasteiger partial charge in [-0.3, -0.25) is 4.79 Å². The average molecular weight is 486 g/mol. The Balaban J connectivity index is 0.000000509. The van der Waals surface area contributed by atoms with E-state index in [1.54, 1.807) is 0 Å². The molecule has 0 bridgehead atoms. The number of amides is 1. The van der Waals surface area contributed by atoms with Crippen molar-refractivity contribution in [1.29, 1.82) is 0 Å². The topological polar surface area (TPSA) is 112 Å². The molecule has 3 rings (SSSR count). The summed E-state index contributed by atoms with van der Waals surface area (Å²) in [5.74, 6) is -2.15. The van der Waals surface area contributed by atoms with Crippen LogP contribution >= 0.6 is 0 Å². The van der Waals surface area contributed by atoms with E-state index in [2.05, 4.69) is 15.3 Å². The quantitative estimate of drug-likeness (QED) is 0.634. The number of hydrogen-bond acceptors (Lipinski definition) is 7. The second-order valence-corrected chi connectivity index (χ2v) is 7.98. The van der Waals surface area contributed by atoms with Crippen LogP contribution in [0.4, 0.5) is 29.3 Å². The highest BCUT2D eigenvalue weighted by Gasteiger charge is 2.38. The smallest absolute Gasteiger partial charge is 0.475 e. The minimum absolute atomic E-state index is 0.0532. The summed E-state index contributed by atoms with van der Waals surface area (Å²) in [5, 5.41) is 10.1. The Morgan fingerprint density at radius 2 is 1.71 bits per heavy atom. The van der Waals surface area contributed by atoms with E-state index < -0.39 is 18.0 Å². The number of pyridine rings is 1. The van der Waals surface area contributed by atoms with Gasteiger partial charge in [0.15, 0.2) is 5.82 Å². The van der Waals surface area contributed by atoms with Crippen LogP contribution in [0, 0.1) is 5.82 Å². The molecular weight excluding hydrogens is 460 g/mol. The van der Waals surface area contributed by atoms with Crippen LogP contribution in [-0.2, 0) is 17.6 Å². The Labute approximate surface area is 193 Å². The van der Waals surface area contributed by atoms with E-state index >= 15 is 0 Å². The fourth-order valence-electron chi connectivity index (χ4n) is 3.14. The van der Waals surface area contributed by atoms with E-state index in [0.29, 0.717) is 36.8 Å². The number of nitrogens with zero attached hydrogens (tertiary/aromatic N) is 5. The summed E-state index contributed by atoms with van der Waals surface area (Å²) in [6, 6.07) is 2.00. The number of aliphatic carboxylic acids is 1. The van der Waals surface area contributed by atoms with Gasteiger partial charge < -0.3 is 20.2 Å². The van der Waals surface area contributed by atoms with Gasteiger partial charge in [0, 0.05) is 45.3 Å². The number of carbonyl (C=O) groups is 2. The Hall–Kier alpha value is -3.51. The first-order valence-electron chi connectivity index (χ1n) is 10.3. The molecule has 2 N–H and O–H groups in total. The molecule has 0 fully saturated rings. The van der Waals surface area contributed by atoms with Crippen LogP contribution in [0.25, 0.3) is 0 Å². The molecule has 0 saturated heterocycles. The summed E-state index contributed by atoms with van der Waals surface area (Å²) in [6.07, 6.45) is -1.30. The molecule has 186 valence electrons. The lowest BCUT2D eigenvalue weighted by molar-refractivity contribution is -0.192. The summed E-state index contributed by atoms with van der Waals surface area (Å²) >= 11 is 0. The Morgan fingerprint density at radius 1 is 1.15 bits per heavy atom. The highest BCUT2D eigenvalue weighted by Crippen LogP contribution is 2.24. The Bertz CT molecular complexity index is 1010. The van der Waals surface area contributed by atoms with Crippen molar-refractivity contribution in [2.24, 2.45) is 0 Å². The van der Waals surface area contributed by atoms with Crippen molar-refractivity contribution in [1.82, 2.24) is 20.3 Å². The highest BCUT2D eigenvalue weighted by atomic mass is 19.4. The Kier molecular flexibility index (Phi) is 8.71. The van der Waals surface area contributed by atoms with Crippen LogP contribution in [0.2, 0.25) is 0 Å². The third-order valence-electron chi connectivity index (χ3n) is 4.66. The molecule has 9 nitrogen and oxygen atoms in total. The predicted molar refractivity (Wildman–Crippen MR) is 116 cm³/mol. The van der Waals surface area contributed by atoms with Gasteiger partial charge in [0.05, 0.1) is 18.0 Å². The van der Waals surface area contributed by atoms with E-state index in [9.17, 15) is 22.4 Å². The van der Waals surface area contributed by atoms with Crippen molar-refractivity contribution < 1.29 is 32.3 Å². The number of carboxylic acids is 1. The number of alkyl halides is 3. The molecule has 1 amide bonds. The predicted octanol–water partition coefficient (Wildman–Crippen LogP) is 2.45. The van der Waals surface area contributed by atoms with Gasteiger partial charge in [0.1, 0.15) is 5.82 Å². The lowest BCUT2D eigenvalue weighted by Crippen LogP contribution is -2.32. The number of aromatic nitrogens is 3. The molecule has 0 unspecified atom stereocenters. The van der Waals surface area contributed by atoms with E-state index in [0.717, 1.165) is 17.7 Å². The fourth-order valence-corrected chi connectivity index (χ4v) is 3.14. The van der Waals surface area contributed by atoms with Gasteiger partial charge >= 0.3 is 12.1 Å². The van der Waals surface area contributed by atoms with Crippen molar-refractivity contribution in [2.45, 2.75) is 38.9 Å². The molecule has 2 aromatic heterocycles. The zero-order chi connectivity index (χ0) is 25.6. The van der Waals surface area contributed by atoms with Gasteiger partial charge in [0.2, 0.25) is 5.95 Å². The molecule has 0 aliphatic carbocycles. The molecule has 1 aliphatic heterocycles. The summed E-state index contributed by atoms with van der Waals surface area (Å²) in [4.78, 5) is 38.3. The minimum atomic E-state index is -5.08. The lowest BCUT2D eigenvalue weighted by atomic mass is 10.0. The maximum Gasteiger partial charge on any atom is 0.490 e. The first-order chi connectivity index (χ1) is 15.8. The van der Waals surface area contributed by atoms with Crippen LogP contribution < -0.4 is 15.1 Å². The number of fused-ring (bicyclic) bond motifs is 1. The second kappa shape index (κ2) is 11.1. The van der Waals surface area contributed by atoms with E-state index in [1.165, 1.54) is 12.4 Å². The number of halogens is 4. The first-order valence-corrected chi connectivity index (χ1v) is 10.3. The molecule has 0 aromatic carbocycles. The van der Waals surface area contributed by atoms with Gasteiger partial charge in [-0.2, -0.15) is 13.2 Å². The number of anilines is 2. The molecule has 13 heteroatoms. The van der Waals surface area contributed by atoms with Gasteiger partial charge in [-0.1, -0.05) is 0 Å². The average Bonchev–Trinajstić information content (AvgIpc) is 2.95. The van der Waals surface area contributed by atoms with Gasteiger partial charge in [-0.15, -0.1) is 0 Å². The zero-order valence-corrected chi connectivity index (χ0v) is 19.1. The zero-order valence-electron chi connectivity index (χ0n) is 19.1. The molecule has 0 atom stereocenters. The second-order valence-electron chi connectivity index (χ2n) is 7.98. The number of hydrogen-bond donors (Lipinski definition) is 2. The van der Waals surface area contributed by atoms with Gasteiger partial charge in [0.25, 0.3) is 5.91 Å². The van der Waals surface area contributed by atoms with Crippen molar-refractivity contribution in [2.75, 3.05) is 37.0 Å². The van der Waals surface area contributed by atoms with Crippen LogP contribution in [0.5, 0.6) is 0 Å². The monoisotopic (exact) mass is 486 g/mol. The summed E-state index contributed by atoms with van der Waals surface area (Å²) < 4.78 is 44.8. The highest BCUT2D eigenvalue weighted by molar-refractivity contribution is 5.99. The molecule has 0 saturated carbocycles. The molecule has 0 radical (unpaired) electrons. The van der Waals surface area contributed by atoms with Crippen LogP contribution in [-0.4, -0.2) is 71.3 Å². The lowest BCUT2D eigenvalue weighted by Gasteiger charge is -2.19. The molecule has 2 aromatic rings. The summed E-state index contributed by atoms with van der Waals surface area (Å²) in [7, 11) is 3.77. The van der Waals surface area contributed by atoms with Crippen LogP contribution in [0.15, 0.2) is 18.5 Å². The van der Waals surface area contributed by atoms with Gasteiger partial charge in [-0.25, -0.2) is 24.1 Å². The third kappa shape index (κ3) is 7.25. The standard InChI is InChI=1S/C19H25FN6O.C2HF3O2/c1-12(2)23-18(27)15-9-13-5-7-26(19-21-10-14(20)11-22-19)8-6-16(13)24-17(15)25(3)4;3-2(4,5)1(6)7/h9-12H,5-8H2,1-4H3,(H,23,27);(H,6,7).